The molecule has 0 aliphatic carbocycles. The van der Waals surface area contributed by atoms with Gasteiger partial charge in [-0.05, 0) is 24.3 Å². The molecule has 5 rings (SSSR count). The maximum absolute atomic E-state index is 6.26. The van der Waals surface area contributed by atoms with Gasteiger partial charge in [-0.1, -0.05) is 23.5 Å². The third-order valence-corrected chi connectivity index (χ3v) is 4.99. The maximum Gasteiger partial charge on any atom is 0.231 e. The molecule has 0 atom stereocenters. The number of benzene rings is 2. The largest absolute Gasteiger partial charge is 0.454 e. The maximum atomic E-state index is 6.26. The zero-order chi connectivity index (χ0) is 18.2. The second kappa shape index (κ2) is 6.29. The lowest BCUT2D eigenvalue weighted by atomic mass is 10.2. The van der Waals surface area contributed by atoms with E-state index in [0.29, 0.717) is 23.1 Å². The highest BCUT2D eigenvalue weighted by molar-refractivity contribution is 7.22. The number of nitrogen functional groups attached to an aromatic ring is 1. The van der Waals surface area contributed by atoms with Gasteiger partial charge >= 0.3 is 0 Å². The van der Waals surface area contributed by atoms with Crippen LogP contribution >= 0.6 is 11.3 Å². The molecule has 4 N–H and O–H groups in total. The van der Waals surface area contributed by atoms with Crippen molar-refractivity contribution in [3.05, 3.63) is 48.8 Å². The number of aromatic nitrogens is 3. The number of rotatable bonds is 4. The van der Waals surface area contributed by atoms with Gasteiger partial charge in [0.15, 0.2) is 28.3 Å². The molecule has 2 aromatic carbocycles. The van der Waals surface area contributed by atoms with Crippen molar-refractivity contribution in [3.63, 3.8) is 0 Å². The first-order chi connectivity index (χ1) is 13.3. The van der Waals surface area contributed by atoms with Crippen LogP contribution in [-0.4, -0.2) is 21.7 Å². The molecule has 4 aromatic rings. The predicted octanol–water partition coefficient (Wildman–Crippen LogP) is 3.88. The summed E-state index contributed by atoms with van der Waals surface area (Å²) in [6.07, 6.45) is 1.45. The van der Waals surface area contributed by atoms with Gasteiger partial charge in [0.05, 0.1) is 10.2 Å². The molecule has 1 aliphatic heterocycles. The first-order valence-corrected chi connectivity index (χ1v) is 8.98. The third kappa shape index (κ3) is 2.93. The number of nitrogens with two attached hydrogens (primary N) is 1. The second-order valence-corrected chi connectivity index (χ2v) is 6.82. The molecule has 0 fully saturated rings. The standard InChI is InChI=1S/C18H14N6O2S/c19-15-16(22-10-5-6-12-13(7-10)26-9-25-12)20-8-21-17(15)24-18-23-11-3-1-2-4-14(11)27-18/h1-8H,9,19H2,(H2,20,21,22,23,24). The molecule has 0 unspecified atom stereocenters. The number of anilines is 5. The van der Waals surface area contributed by atoms with Crippen molar-refractivity contribution in [2.75, 3.05) is 23.2 Å². The summed E-state index contributed by atoms with van der Waals surface area (Å²) in [6, 6.07) is 13.5. The summed E-state index contributed by atoms with van der Waals surface area (Å²) in [6.45, 7) is 0.227. The average Bonchev–Trinajstić information content (AvgIpc) is 3.30. The van der Waals surface area contributed by atoms with E-state index in [9.17, 15) is 0 Å². The molecule has 9 heteroatoms. The van der Waals surface area contributed by atoms with E-state index in [-0.39, 0.29) is 6.79 Å². The number of nitrogens with zero attached hydrogens (tertiary/aromatic N) is 3. The van der Waals surface area contributed by atoms with Crippen LogP contribution in [0.5, 0.6) is 11.5 Å². The fraction of sp³-hybridized carbons (Fsp3) is 0.0556. The number of ether oxygens (including phenoxy) is 2. The Bertz CT molecular complexity index is 1110. The molecule has 0 saturated carbocycles. The molecule has 3 heterocycles. The van der Waals surface area contributed by atoms with Crippen LogP contribution in [0.25, 0.3) is 10.2 Å². The highest BCUT2D eigenvalue weighted by Crippen LogP contribution is 2.36. The first kappa shape index (κ1) is 15.6. The van der Waals surface area contributed by atoms with E-state index in [2.05, 4.69) is 25.6 Å². The first-order valence-electron chi connectivity index (χ1n) is 8.16. The second-order valence-electron chi connectivity index (χ2n) is 5.79. The Balaban J connectivity index is 1.42. The lowest BCUT2D eigenvalue weighted by molar-refractivity contribution is 0.174. The molecule has 2 aromatic heterocycles. The smallest absolute Gasteiger partial charge is 0.231 e. The van der Waals surface area contributed by atoms with Crippen LogP contribution in [0.4, 0.5) is 28.1 Å². The van der Waals surface area contributed by atoms with Gasteiger partial charge in [0, 0.05) is 11.8 Å². The Morgan fingerprint density at radius 2 is 1.78 bits per heavy atom. The summed E-state index contributed by atoms with van der Waals surface area (Å²) in [7, 11) is 0. The van der Waals surface area contributed by atoms with Crippen LogP contribution in [-0.2, 0) is 0 Å². The minimum Gasteiger partial charge on any atom is -0.454 e. The minimum atomic E-state index is 0.227. The number of hydrogen-bond acceptors (Lipinski definition) is 9. The summed E-state index contributed by atoms with van der Waals surface area (Å²) in [4.78, 5) is 13.0. The highest BCUT2D eigenvalue weighted by atomic mass is 32.1. The summed E-state index contributed by atoms with van der Waals surface area (Å²) < 4.78 is 11.8. The molecule has 1 aliphatic rings. The van der Waals surface area contributed by atoms with Crippen LogP contribution in [0.3, 0.4) is 0 Å². The molecule has 0 bridgehead atoms. The molecular weight excluding hydrogens is 364 g/mol. The Hall–Kier alpha value is -3.59. The van der Waals surface area contributed by atoms with E-state index >= 15 is 0 Å². The van der Waals surface area contributed by atoms with Gasteiger partial charge in [0.25, 0.3) is 0 Å². The molecule has 0 spiro atoms. The quantitative estimate of drug-likeness (QED) is 0.491. The number of fused-ring (bicyclic) bond motifs is 2. The van der Waals surface area contributed by atoms with Crippen molar-refractivity contribution in [1.29, 1.82) is 0 Å². The van der Waals surface area contributed by atoms with Gasteiger partial charge in [0.2, 0.25) is 6.79 Å². The minimum absolute atomic E-state index is 0.227. The van der Waals surface area contributed by atoms with Crippen LogP contribution < -0.4 is 25.8 Å². The molecule has 27 heavy (non-hydrogen) atoms. The van der Waals surface area contributed by atoms with Crippen molar-refractivity contribution >= 4 is 49.7 Å². The van der Waals surface area contributed by atoms with Gasteiger partial charge in [0.1, 0.15) is 12.0 Å². The zero-order valence-electron chi connectivity index (χ0n) is 14.0. The fourth-order valence-electron chi connectivity index (χ4n) is 2.73. The topological polar surface area (TPSA) is 107 Å². The van der Waals surface area contributed by atoms with Crippen molar-refractivity contribution in [2.24, 2.45) is 0 Å². The monoisotopic (exact) mass is 378 g/mol. The van der Waals surface area contributed by atoms with E-state index in [1.54, 1.807) is 0 Å². The normalized spacial score (nSPS) is 12.3. The van der Waals surface area contributed by atoms with Crippen molar-refractivity contribution in [2.45, 2.75) is 0 Å². The Labute approximate surface area is 158 Å². The Morgan fingerprint density at radius 1 is 0.963 bits per heavy atom. The number of thiazole rings is 1. The highest BCUT2D eigenvalue weighted by Gasteiger charge is 2.15. The van der Waals surface area contributed by atoms with Crippen LogP contribution in [0, 0.1) is 0 Å². The summed E-state index contributed by atoms with van der Waals surface area (Å²) in [5, 5.41) is 7.08. The SMILES string of the molecule is Nc1c(Nc2ccc3c(c2)OCO3)ncnc1Nc1nc2ccccc2s1. The molecule has 134 valence electrons. The van der Waals surface area contributed by atoms with Crippen molar-refractivity contribution < 1.29 is 9.47 Å². The molecule has 0 saturated heterocycles. The van der Waals surface area contributed by atoms with E-state index in [1.807, 2.05) is 42.5 Å². The van der Waals surface area contributed by atoms with Crippen LogP contribution in [0.1, 0.15) is 0 Å². The summed E-state index contributed by atoms with van der Waals surface area (Å²) >= 11 is 1.54. The van der Waals surface area contributed by atoms with Crippen LogP contribution in [0.15, 0.2) is 48.8 Å². The van der Waals surface area contributed by atoms with E-state index in [1.165, 1.54) is 17.7 Å². The summed E-state index contributed by atoms with van der Waals surface area (Å²) in [5.74, 6) is 2.38. The predicted molar refractivity (Wildman–Crippen MR) is 105 cm³/mol. The lowest BCUT2D eigenvalue weighted by Gasteiger charge is -2.11. The number of nitrogens with one attached hydrogen (secondary N) is 2. The van der Waals surface area contributed by atoms with Crippen molar-refractivity contribution in [3.8, 4) is 11.5 Å². The Morgan fingerprint density at radius 3 is 2.67 bits per heavy atom. The molecule has 0 amide bonds. The fourth-order valence-corrected chi connectivity index (χ4v) is 3.60. The lowest BCUT2D eigenvalue weighted by Crippen LogP contribution is -2.05. The van der Waals surface area contributed by atoms with Gasteiger partial charge in [-0.25, -0.2) is 15.0 Å². The number of hydrogen-bond donors (Lipinski definition) is 3. The van der Waals surface area contributed by atoms with Gasteiger partial charge in [-0.15, -0.1) is 0 Å². The molecule has 0 radical (unpaired) electrons. The average molecular weight is 378 g/mol. The van der Waals surface area contributed by atoms with Gasteiger partial charge in [-0.2, -0.15) is 0 Å². The van der Waals surface area contributed by atoms with Gasteiger partial charge < -0.3 is 25.8 Å². The third-order valence-electron chi connectivity index (χ3n) is 4.04. The van der Waals surface area contributed by atoms with E-state index < -0.39 is 0 Å². The zero-order valence-corrected chi connectivity index (χ0v) is 14.8. The van der Waals surface area contributed by atoms with Gasteiger partial charge in [-0.3, -0.25) is 0 Å². The molecular formula is C18H14N6O2S. The Kier molecular flexibility index (Phi) is 3.65. The summed E-state index contributed by atoms with van der Waals surface area (Å²) in [5.41, 5.74) is 8.37. The van der Waals surface area contributed by atoms with Crippen LogP contribution in [0.2, 0.25) is 0 Å². The van der Waals surface area contributed by atoms with E-state index in [4.69, 9.17) is 15.2 Å². The van der Waals surface area contributed by atoms with Crippen molar-refractivity contribution in [1.82, 2.24) is 15.0 Å². The molecule has 8 nitrogen and oxygen atoms in total. The van der Waals surface area contributed by atoms with E-state index in [0.717, 1.165) is 26.8 Å². The number of para-hydroxylation sites is 1.